The van der Waals surface area contributed by atoms with E-state index in [0.29, 0.717) is 12.5 Å². The predicted molar refractivity (Wildman–Crippen MR) is 105 cm³/mol. The third kappa shape index (κ3) is 6.99. The zero-order chi connectivity index (χ0) is 15.8. The lowest BCUT2D eigenvalue weighted by molar-refractivity contribution is 0.625. The highest BCUT2D eigenvalue weighted by Gasteiger charge is 2.00. The van der Waals surface area contributed by atoms with Gasteiger partial charge in [-0.3, -0.25) is 4.99 Å². The standard InChI is InChI=1S/C18H22FN3.HI/c1-14-13-17(19)8-7-16(14)10-12-22-18(20)21-11-9-15-5-3-2-4-6-15;/h2-8,13H,9-12H2,1H3,(H3,20,21,22);1H. The van der Waals surface area contributed by atoms with Crippen LogP contribution in [0.1, 0.15) is 16.7 Å². The fourth-order valence-corrected chi connectivity index (χ4v) is 2.27. The molecule has 0 saturated carbocycles. The van der Waals surface area contributed by atoms with Gasteiger partial charge >= 0.3 is 0 Å². The average molecular weight is 427 g/mol. The summed E-state index contributed by atoms with van der Waals surface area (Å²) in [6.45, 7) is 3.26. The molecule has 3 N–H and O–H groups in total. The van der Waals surface area contributed by atoms with Gasteiger partial charge in [0.05, 0.1) is 0 Å². The molecule has 0 atom stereocenters. The van der Waals surface area contributed by atoms with Crippen molar-refractivity contribution < 1.29 is 4.39 Å². The highest BCUT2D eigenvalue weighted by atomic mass is 127. The van der Waals surface area contributed by atoms with Gasteiger partial charge in [0.25, 0.3) is 0 Å². The minimum atomic E-state index is -0.202. The Morgan fingerprint density at radius 1 is 1.13 bits per heavy atom. The molecule has 2 rings (SSSR count). The van der Waals surface area contributed by atoms with E-state index in [1.165, 1.54) is 11.6 Å². The molecule has 0 aliphatic heterocycles. The van der Waals surface area contributed by atoms with Gasteiger partial charge in [-0.15, -0.1) is 24.0 Å². The van der Waals surface area contributed by atoms with Gasteiger partial charge in [-0.2, -0.15) is 0 Å². The van der Waals surface area contributed by atoms with Crippen LogP contribution in [-0.4, -0.2) is 19.0 Å². The first kappa shape index (κ1) is 19.4. The molecule has 2 aromatic carbocycles. The van der Waals surface area contributed by atoms with Crippen molar-refractivity contribution in [1.29, 1.82) is 0 Å². The van der Waals surface area contributed by atoms with Gasteiger partial charge in [0.1, 0.15) is 5.82 Å². The van der Waals surface area contributed by atoms with Crippen molar-refractivity contribution in [3.8, 4) is 0 Å². The number of halogens is 2. The predicted octanol–water partition coefficient (Wildman–Crippen LogP) is 3.44. The van der Waals surface area contributed by atoms with E-state index >= 15 is 0 Å². The van der Waals surface area contributed by atoms with Crippen LogP contribution in [0.3, 0.4) is 0 Å². The number of benzene rings is 2. The minimum absolute atomic E-state index is 0. The molecule has 0 radical (unpaired) electrons. The first-order valence-electron chi connectivity index (χ1n) is 7.48. The van der Waals surface area contributed by atoms with E-state index in [9.17, 15) is 4.39 Å². The Kier molecular flexibility index (Phi) is 8.61. The van der Waals surface area contributed by atoms with E-state index in [1.54, 1.807) is 12.1 Å². The number of guanidine groups is 1. The highest BCUT2D eigenvalue weighted by Crippen LogP contribution is 2.10. The smallest absolute Gasteiger partial charge is 0.188 e. The van der Waals surface area contributed by atoms with E-state index in [2.05, 4.69) is 22.4 Å². The first-order chi connectivity index (χ1) is 10.6. The Bertz CT molecular complexity index is 629. The molecule has 0 amide bonds. The van der Waals surface area contributed by atoms with E-state index in [0.717, 1.165) is 30.5 Å². The summed E-state index contributed by atoms with van der Waals surface area (Å²) in [5.74, 6) is 0.252. The maximum absolute atomic E-state index is 13.0. The lowest BCUT2D eigenvalue weighted by Crippen LogP contribution is -2.33. The van der Waals surface area contributed by atoms with Gasteiger partial charge in [-0.05, 0) is 48.6 Å². The first-order valence-corrected chi connectivity index (χ1v) is 7.48. The zero-order valence-corrected chi connectivity index (χ0v) is 15.6. The Morgan fingerprint density at radius 3 is 2.57 bits per heavy atom. The number of nitrogens with two attached hydrogens (primary N) is 1. The Labute approximate surface area is 154 Å². The average Bonchev–Trinajstić information content (AvgIpc) is 2.50. The summed E-state index contributed by atoms with van der Waals surface area (Å²) in [5, 5.41) is 3.11. The number of hydrogen-bond acceptors (Lipinski definition) is 1. The molecule has 3 nitrogen and oxygen atoms in total. The van der Waals surface area contributed by atoms with Crippen molar-refractivity contribution in [2.45, 2.75) is 19.8 Å². The summed E-state index contributed by atoms with van der Waals surface area (Å²) in [4.78, 5) is 4.30. The van der Waals surface area contributed by atoms with Crippen LogP contribution in [0.25, 0.3) is 0 Å². The molecule has 0 bridgehead atoms. The number of rotatable bonds is 6. The van der Waals surface area contributed by atoms with Gasteiger partial charge in [0.2, 0.25) is 0 Å². The summed E-state index contributed by atoms with van der Waals surface area (Å²) in [7, 11) is 0. The molecule has 23 heavy (non-hydrogen) atoms. The van der Waals surface area contributed by atoms with Crippen LogP contribution in [0.2, 0.25) is 0 Å². The van der Waals surface area contributed by atoms with Crippen molar-refractivity contribution in [2.24, 2.45) is 10.7 Å². The molecule has 5 heteroatoms. The second kappa shape index (κ2) is 10.2. The monoisotopic (exact) mass is 427 g/mol. The largest absolute Gasteiger partial charge is 0.370 e. The summed E-state index contributed by atoms with van der Waals surface area (Å²) >= 11 is 0. The summed E-state index contributed by atoms with van der Waals surface area (Å²) in [5.41, 5.74) is 9.16. The van der Waals surface area contributed by atoms with E-state index in [4.69, 9.17) is 5.73 Å². The molecule has 0 aliphatic rings. The SMILES string of the molecule is Cc1cc(F)ccc1CCN=C(N)NCCc1ccccc1.I. The van der Waals surface area contributed by atoms with Crippen molar-refractivity contribution in [3.05, 3.63) is 71.0 Å². The van der Waals surface area contributed by atoms with E-state index < -0.39 is 0 Å². The normalized spacial score (nSPS) is 11.0. The molecular weight excluding hydrogens is 404 g/mol. The summed E-state index contributed by atoms with van der Waals surface area (Å²) in [6, 6.07) is 15.1. The van der Waals surface area contributed by atoms with Crippen LogP contribution in [-0.2, 0) is 12.8 Å². The molecule has 0 aromatic heterocycles. The number of nitrogens with zero attached hydrogens (tertiary/aromatic N) is 1. The van der Waals surface area contributed by atoms with Crippen LogP contribution >= 0.6 is 24.0 Å². The molecule has 0 heterocycles. The van der Waals surface area contributed by atoms with E-state index in [-0.39, 0.29) is 29.8 Å². The molecule has 124 valence electrons. The van der Waals surface area contributed by atoms with Crippen molar-refractivity contribution in [3.63, 3.8) is 0 Å². The van der Waals surface area contributed by atoms with Gasteiger partial charge in [0, 0.05) is 13.1 Å². The number of aryl methyl sites for hydroxylation is 1. The number of aliphatic imine (C=N–C) groups is 1. The molecule has 0 saturated heterocycles. The van der Waals surface area contributed by atoms with Crippen molar-refractivity contribution >= 4 is 29.9 Å². The third-order valence-electron chi connectivity index (χ3n) is 3.53. The second-order valence-electron chi connectivity index (χ2n) is 5.25. The van der Waals surface area contributed by atoms with Crippen LogP contribution in [0.15, 0.2) is 53.5 Å². The maximum atomic E-state index is 13.0. The summed E-state index contributed by atoms with van der Waals surface area (Å²) in [6.07, 6.45) is 1.67. The van der Waals surface area contributed by atoms with Crippen molar-refractivity contribution in [2.75, 3.05) is 13.1 Å². The van der Waals surface area contributed by atoms with Gasteiger partial charge in [-0.1, -0.05) is 36.4 Å². The maximum Gasteiger partial charge on any atom is 0.188 e. The Hall–Kier alpha value is -1.63. The van der Waals surface area contributed by atoms with Crippen molar-refractivity contribution in [1.82, 2.24) is 5.32 Å². The lowest BCUT2D eigenvalue weighted by Gasteiger charge is -2.07. The molecular formula is C18H23FIN3. The molecule has 2 aromatic rings. The fourth-order valence-electron chi connectivity index (χ4n) is 2.27. The lowest BCUT2D eigenvalue weighted by atomic mass is 10.1. The molecule has 0 unspecified atom stereocenters. The Morgan fingerprint density at radius 2 is 1.87 bits per heavy atom. The number of nitrogens with one attached hydrogen (secondary N) is 1. The topological polar surface area (TPSA) is 50.4 Å². The Balaban J connectivity index is 0.00000264. The van der Waals surface area contributed by atoms with E-state index in [1.807, 2.05) is 25.1 Å². The molecule has 0 aliphatic carbocycles. The zero-order valence-electron chi connectivity index (χ0n) is 13.3. The van der Waals surface area contributed by atoms with Crippen LogP contribution in [0.4, 0.5) is 4.39 Å². The van der Waals surface area contributed by atoms with Crippen LogP contribution < -0.4 is 11.1 Å². The van der Waals surface area contributed by atoms with Crippen LogP contribution in [0, 0.1) is 12.7 Å². The highest BCUT2D eigenvalue weighted by molar-refractivity contribution is 14.0. The third-order valence-corrected chi connectivity index (χ3v) is 3.53. The van der Waals surface area contributed by atoms with Crippen LogP contribution in [0.5, 0.6) is 0 Å². The molecule has 0 spiro atoms. The fraction of sp³-hybridized carbons (Fsp3) is 0.278. The van der Waals surface area contributed by atoms with Gasteiger partial charge in [-0.25, -0.2) is 4.39 Å². The second-order valence-corrected chi connectivity index (χ2v) is 5.25. The number of hydrogen-bond donors (Lipinski definition) is 2. The summed E-state index contributed by atoms with van der Waals surface area (Å²) < 4.78 is 13.0. The van der Waals surface area contributed by atoms with Gasteiger partial charge in [0.15, 0.2) is 5.96 Å². The minimum Gasteiger partial charge on any atom is -0.370 e. The van der Waals surface area contributed by atoms with Gasteiger partial charge < -0.3 is 11.1 Å². The quantitative estimate of drug-likeness (QED) is 0.422. The molecule has 0 fully saturated rings.